The van der Waals surface area contributed by atoms with Crippen LogP contribution in [0, 0.1) is 12.7 Å². The lowest BCUT2D eigenvalue weighted by atomic mass is 10.1. The molecule has 2 aromatic heterocycles. The van der Waals surface area contributed by atoms with Crippen molar-refractivity contribution in [3.05, 3.63) is 41.0 Å². The highest BCUT2D eigenvalue weighted by Crippen LogP contribution is 2.32. The Kier molecular flexibility index (Phi) is 5.96. The minimum atomic E-state index is -1.13. The van der Waals surface area contributed by atoms with Crippen LogP contribution in [0.1, 0.15) is 42.5 Å². The highest BCUT2D eigenvalue weighted by atomic mass is 35.5. The molecule has 0 bridgehead atoms. The fourth-order valence-corrected chi connectivity index (χ4v) is 2.90. The molecule has 0 fully saturated rings. The first kappa shape index (κ1) is 21.6. The van der Waals surface area contributed by atoms with Crippen molar-refractivity contribution in [1.82, 2.24) is 15.0 Å². The summed E-state index contributed by atoms with van der Waals surface area (Å²) in [4.78, 5) is 23.5. The third-order valence-electron chi connectivity index (χ3n) is 4.06. The number of halogens is 2. The summed E-state index contributed by atoms with van der Waals surface area (Å²) in [6.07, 6.45) is 0. The van der Waals surface area contributed by atoms with Gasteiger partial charge in [0.1, 0.15) is 17.2 Å². The predicted octanol–water partition coefficient (Wildman–Crippen LogP) is 3.86. The first-order valence-electron chi connectivity index (χ1n) is 8.51. The second-order valence-corrected chi connectivity index (χ2v) is 7.41. The van der Waals surface area contributed by atoms with Crippen LogP contribution in [0.25, 0.3) is 22.3 Å². The molecule has 0 aliphatic heterocycles. The summed E-state index contributed by atoms with van der Waals surface area (Å²) in [6.45, 7) is 7.79. The Morgan fingerprint density at radius 2 is 2.00 bits per heavy atom. The summed E-state index contributed by atoms with van der Waals surface area (Å²) in [5.41, 5.74) is 7.71. The number of aromatic amines is 1. The van der Waals surface area contributed by atoms with Crippen LogP contribution < -0.4 is 11.1 Å². The number of nitrogens with one attached hydrogen (secondary N) is 2. The molecule has 0 spiro atoms. The topological polar surface area (TPSA) is 117 Å². The van der Waals surface area contributed by atoms with Gasteiger partial charge in [0.05, 0.1) is 28.0 Å². The molecule has 0 unspecified atom stereocenters. The smallest absolute Gasteiger partial charge is 0.337 e. The fraction of sp³-hybridized carbons (Fsp3) is 0.316. The van der Waals surface area contributed by atoms with Gasteiger partial charge in [-0.3, -0.25) is 0 Å². The molecule has 0 saturated heterocycles. The zero-order chi connectivity index (χ0) is 19.9. The molecule has 0 atom stereocenters. The van der Waals surface area contributed by atoms with Crippen LogP contribution in [-0.2, 0) is 6.54 Å². The Morgan fingerprint density at radius 3 is 2.54 bits per heavy atom. The van der Waals surface area contributed by atoms with Crippen molar-refractivity contribution in [2.75, 3.05) is 5.32 Å². The number of carbonyl (C=O) groups is 1. The number of hydrogen-bond acceptors (Lipinski definition) is 5. The highest BCUT2D eigenvalue weighted by Gasteiger charge is 2.21. The number of benzene rings is 1. The molecule has 3 aromatic rings. The van der Waals surface area contributed by atoms with E-state index in [9.17, 15) is 14.3 Å². The first-order chi connectivity index (χ1) is 12.6. The molecule has 0 saturated carbocycles. The van der Waals surface area contributed by atoms with E-state index in [1.54, 1.807) is 6.07 Å². The number of carboxylic acid groups (broad SMARTS) is 1. The summed E-state index contributed by atoms with van der Waals surface area (Å²) in [5.74, 6) is -1.11. The number of nitrogens with zero attached hydrogens (tertiary/aromatic N) is 2. The number of aromatic nitrogens is 3. The van der Waals surface area contributed by atoms with Crippen molar-refractivity contribution in [3.63, 3.8) is 0 Å². The normalized spacial score (nSPS) is 11.4. The van der Waals surface area contributed by atoms with Crippen molar-refractivity contribution < 1.29 is 14.3 Å². The van der Waals surface area contributed by atoms with Gasteiger partial charge in [-0.2, -0.15) is 0 Å². The number of rotatable bonds is 4. The molecular formula is C19H23ClFN5O2. The van der Waals surface area contributed by atoms with Crippen LogP contribution in [0.2, 0.25) is 0 Å². The van der Waals surface area contributed by atoms with E-state index in [4.69, 9.17) is 5.73 Å². The Bertz CT molecular complexity index is 1040. The molecule has 28 heavy (non-hydrogen) atoms. The number of hydrogen-bond donors (Lipinski definition) is 4. The molecule has 9 heteroatoms. The molecule has 3 rings (SSSR count). The Labute approximate surface area is 168 Å². The molecule has 0 aliphatic rings. The summed E-state index contributed by atoms with van der Waals surface area (Å²) in [5, 5.41) is 12.6. The van der Waals surface area contributed by atoms with Crippen LogP contribution in [0.4, 0.5) is 10.2 Å². The van der Waals surface area contributed by atoms with Crippen LogP contribution in [0.15, 0.2) is 18.2 Å². The van der Waals surface area contributed by atoms with E-state index in [1.165, 1.54) is 12.1 Å². The van der Waals surface area contributed by atoms with Crippen molar-refractivity contribution in [2.24, 2.45) is 5.73 Å². The van der Waals surface area contributed by atoms with Crippen molar-refractivity contribution in [2.45, 2.75) is 39.8 Å². The minimum Gasteiger partial charge on any atom is -0.478 e. The van der Waals surface area contributed by atoms with Gasteiger partial charge in [0.15, 0.2) is 0 Å². The number of nitrogens with two attached hydrogens (primary N) is 1. The molecule has 0 amide bonds. The molecule has 0 aliphatic carbocycles. The van der Waals surface area contributed by atoms with Gasteiger partial charge in [0, 0.05) is 17.8 Å². The monoisotopic (exact) mass is 407 g/mol. The number of anilines is 1. The third-order valence-corrected chi connectivity index (χ3v) is 4.06. The summed E-state index contributed by atoms with van der Waals surface area (Å²) in [6, 6.07) is 4.23. The van der Waals surface area contributed by atoms with Crippen molar-refractivity contribution >= 4 is 35.2 Å². The van der Waals surface area contributed by atoms with Gasteiger partial charge in [0.2, 0.25) is 0 Å². The largest absolute Gasteiger partial charge is 0.478 e. The second-order valence-electron chi connectivity index (χ2n) is 7.41. The molecule has 150 valence electrons. The van der Waals surface area contributed by atoms with Crippen LogP contribution in [-0.4, -0.2) is 31.6 Å². The van der Waals surface area contributed by atoms with Crippen LogP contribution >= 0.6 is 12.4 Å². The van der Waals surface area contributed by atoms with E-state index in [1.807, 2.05) is 27.7 Å². The molecule has 0 radical (unpaired) electrons. The number of aromatic carboxylic acids is 1. The van der Waals surface area contributed by atoms with E-state index < -0.39 is 11.8 Å². The number of carboxylic acids is 1. The van der Waals surface area contributed by atoms with Crippen LogP contribution in [0.5, 0.6) is 0 Å². The average Bonchev–Trinajstić information content (AvgIpc) is 2.99. The minimum absolute atomic E-state index is 0. The summed E-state index contributed by atoms with van der Waals surface area (Å²) >= 11 is 0. The quantitative estimate of drug-likeness (QED) is 0.521. The summed E-state index contributed by atoms with van der Waals surface area (Å²) in [7, 11) is 0. The van der Waals surface area contributed by atoms with Crippen molar-refractivity contribution in [3.8, 4) is 11.3 Å². The van der Waals surface area contributed by atoms with E-state index in [0.29, 0.717) is 33.9 Å². The Morgan fingerprint density at radius 1 is 1.32 bits per heavy atom. The lowest BCUT2D eigenvalue weighted by Gasteiger charge is -2.22. The maximum atomic E-state index is 14.7. The van der Waals surface area contributed by atoms with Gasteiger partial charge in [-0.15, -0.1) is 12.4 Å². The lowest BCUT2D eigenvalue weighted by Crippen LogP contribution is -2.27. The number of aryl methyl sites for hydroxylation is 1. The standard InChI is InChI=1S/C19H22FN5O2.ClH/c1-9-17(25-19(2,3)4)24-16-12(22-9)6-5-11(20)15(16)13-7-10(18(26)27)14(8-21)23-13;/h5-7,23H,8,21H2,1-4H3,(H,24,25)(H,26,27);1H. The van der Waals surface area contributed by atoms with Gasteiger partial charge >= 0.3 is 5.97 Å². The average molecular weight is 408 g/mol. The second kappa shape index (κ2) is 7.73. The lowest BCUT2D eigenvalue weighted by molar-refractivity contribution is 0.0696. The van der Waals surface area contributed by atoms with E-state index in [-0.39, 0.29) is 35.6 Å². The van der Waals surface area contributed by atoms with E-state index in [2.05, 4.69) is 20.3 Å². The van der Waals surface area contributed by atoms with Crippen molar-refractivity contribution in [1.29, 1.82) is 0 Å². The predicted molar refractivity (Wildman–Crippen MR) is 109 cm³/mol. The zero-order valence-corrected chi connectivity index (χ0v) is 16.9. The molecular weight excluding hydrogens is 385 g/mol. The molecule has 7 nitrogen and oxygen atoms in total. The maximum Gasteiger partial charge on any atom is 0.337 e. The molecule has 2 heterocycles. The number of fused-ring (bicyclic) bond motifs is 1. The van der Waals surface area contributed by atoms with E-state index in [0.717, 1.165) is 0 Å². The van der Waals surface area contributed by atoms with Gasteiger partial charge in [-0.05, 0) is 45.9 Å². The van der Waals surface area contributed by atoms with Gasteiger partial charge in [-0.25, -0.2) is 19.2 Å². The Balaban J connectivity index is 0.00000280. The van der Waals surface area contributed by atoms with Gasteiger partial charge in [0.25, 0.3) is 0 Å². The zero-order valence-electron chi connectivity index (χ0n) is 16.1. The summed E-state index contributed by atoms with van der Waals surface area (Å²) < 4.78 is 14.7. The number of H-pyrrole nitrogens is 1. The molecule has 5 N–H and O–H groups in total. The Hall–Kier alpha value is -2.71. The van der Waals surface area contributed by atoms with Gasteiger partial charge < -0.3 is 21.1 Å². The third kappa shape index (κ3) is 4.07. The van der Waals surface area contributed by atoms with Crippen LogP contribution in [0.3, 0.4) is 0 Å². The SMILES string of the molecule is Cc1nc2ccc(F)c(-c3cc(C(=O)O)c(CN)[nH]3)c2nc1NC(C)(C)C.Cl. The fourth-order valence-electron chi connectivity index (χ4n) is 2.90. The maximum absolute atomic E-state index is 14.7. The van der Waals surface area contributed by atoms with E-state index >= 15 is 0 Å². The first-order valence-corrected chi connectivity index (χ1v) is 8.51. The molecule has 1 aromatic carbocycles. The van der Waals surface area contributed by atoms with Gasteiger partial charge in [-0.1, -0.05) is 0 Å². The highest BCUT2D eigenvalue weighted by molar-refractivity contribution is 5.96.